The first-order valence-electron chi connectivity index (χ1n) is 5.83. The van der Waals surface area contributed by atoms with Gasteiger partial charge in [0.1, 0.15) is 10.1 Å². The lowest BCUT2D eigenvalue weighted by Crippen LogP contribution is -2.32. The molecule has 0 radical (unpaired) electrons. The van der Waals surface area contributed by atoms with Crippen molar-refractivity contribution in [3.63, 3.8) is 0 Å². The lowest BCUT2D eigenvalue weighted by atomic mass is 10.2. The van der Waals surface area contributed by atoms with Crippen molar-refractivity contribution in [2.75, 3.05) is 11.5 Å². The summed E-state index contributed by atoms with van der Waals surface area (Å²) in [6.45, 7) is 0. The van der Waals surface area contributed by atoms with Gasteiger partial charge in [0.25, 0.3) is 0 Å². The molecule has 3 nitrogen and oxygen atoms in total. The van der Waals surface area contributed by atoms with E-state index in [1.807, 2.05) is 6.07 Å². The Balaban J connectivity index is 1.79. The van der Waals surface area contributed by atoms with Gasteiger partial charge in [-0.05, 0) is 24.1 Å². The Hall–Kier alpha value is -0.660. The number of sulfone groups is 1. The highest BCUT2D eigenvalue weighted by Crippen LogP contribution is 2.17. The minimum absolute atomic E-state index is 0.0856. The number of rotatable bonds is 3. The van der Waals surface area contributed by atoms with Gasteiger partial charge in [-0.1, -0.05) is 36.1 Å². The van der Waals surface area contributed by atoms with Crippen LogP contribution in [0.2, 0.25) is 0 Å². The fourth-order valence-corrected chi connectivity index (χ4v) is 4.64. The maximum atomic E-state index is 13.0. The lowest BCUT2D eigenvalue weighted by Gasteiger charge is -2.12. The summed E-state index contributed by atoms with van der Waals surface area (Å²) in [6.07, 6.45) is 0.600. The summed E-state index contributed by atoms with van der Waals surface area (Å²) in [5.74, 6) is 0.678. The Labute approximate surface area is 121 Å². The highest BCUT2D eigenvalue weighted by Gasteiger charge is 2.28. The fraction of sp³-hybridized carbons (Fsp3) is 0.417. The first kappa shape index (κ1) is 14.7. The van der Waals surface area contributed by atoms with Crippen molar-refractivity contribution in [3.8, 4) is 0 Å². The molecule has 0 amide bonds. The summed E-state index contributed by atoms with van der Waals surface area (Å²) in [5, 5.41) is 3.04. The molecule has 104 valence electrons. The van der Waals surface area contributed by atoms with E-state index in [1.165, 1.54) is 23.9 Å². The molecule has 1 fully saturated rings. The maximum Gasteiger partial charge on any atom is 0.152 e. The monoisotopic (exact) mass is 319 g/mol. The van der Waals surface area contributed by atoms with Gasteiger partial charge in [-0.3, -0.25) is 0 Å². The van der Waals surface area contributed by atoms with E-state index in [2.05, 4.69) is 5.32 Å². The van der Waals surface area contributed by atoms with Crippen molar-refractivity contribution < 1.29 is 12.8 Å². The van der Waals surface area contributed by atoms with Crippen LogP contribution in [-0.4, -0.2) is 30.3 Å². The second-order valence-corrected chi connectivity index (χ2v) is 8.33. The van der Waals surface area contributed by atoms with Gasteiger partial charge >= 0.3 is 0 Å². The Morgan fingerprint density at radius 2 is 2.32 bits per heavy atom. The number of benzene rings is 1. The molecule has 7 heteroatoms. The number of nitrogens with one attached hydrogen (secondary N) is 1. The molecule has 0 aliphatic carbocycles. The number of thiocarbonyl (C=S) groups is 1. The van der Waals surface area contributed by atoms with Gasteiger partial charge in [0.2, 0.25) is 0 Å². The SMILES string of the molecule is O=S1(=O)CCC(NC(=S)SCc2cccc(F)c2)C1. The summed E-state index contributed by atoms with van der Waals surface area (Å²) < 4.78 is 36.2. The van der Waals surface area contributed by atoms with Gasteiger partial charge < -0.3 is 5.32 Å². The van der Waals surface area contributed by atoms with Crippen molar-refractivity contribution >= 4 is 38.1 Å². The predicted octanol–water partition coefficient (Wildman–Crippen LogP) is 2.12. The van der Waals surface area contributed by atoms with Crippen LogP contribution in [0.25, 0.3) is 0 Å². The fourth-order valence-electron chi connectivity index (χ4n) is 1.89. The average Bonchev–Trinajstić information content (AvgIpc) is 2.66. The maximum absolute atomic E-state index is 13.0. The zero-order chi connectivity index (χ0) is 13.9. The van der Waals surface area contributed by atoms with Gasteiger partial charge in [-0.15, -0.1) is 0 Å². The third kappa shape index (κ3) is 4.74. The van der Waals surface area contributed by atoms with Crippen LogP contribution in [0, 0.1) is 5.82 Å². The molecule has 0 aromatic heterocycles. The molecule has 1 aliphatic rings. The van der Waals surface area contributed by atoms with Gasteiger partial charge in [-0.2, -0.15) is 0 Å². The third-order valence-electron chi connectivity index (χ3n) is 2.81. The number of halogens is 1. The molecule has 0 saturated carbocycles. The number of hydrogen-bond donors (Lipinski definition) is 1. The molecule has 1 N–H and O–H groups in total. The molecule has 1 aliphatic heterocycles. The van der Waals surface area contributed by atoms with Crippen molar-refractivity contribution in [1.29, 1.82) is 0 Å². The van der Waals surface area contributed by atoms with E-state index in [9.17, 15) is 12.8 Å². The molecule has 1 saturated heterocycles. The van der Waals surface area contributed by atoms with Crippen molar-refractivity contribution in [2.45, 2.75) is 18.2 Å². The minimum Gasteiger partial charge on any atom is -0.367 e. The normalized spacial score (nSPS) is 21.2. The Bertz CT molecular complexity index is 574. The van der Waals surface area contributed by atoms with Crippen LogP contribution in [0.15, 0.2) is 24.3 Å². The van der Waals surface area contributed by atoms with Crippen LogP contribution in [0.3, 0.4) is 0 Å². The van der Waals surface area contributed by atoms with E-state index >= 15 is 0 Å². The van der Waals surface area contributed by atoms with E-state index < -0.39 is 9.84 Å². The highest BCUT2D eigenvalue weighted by molar-refractivity contribution is 8.22. The first-order chi connectivity index (χ1) is 8.94. The van der Waals surface area contributed by atoms with Crippen molar-refractivity contribution in [2.24, 2.45) is 0 Å². The molecule has 1 aromatic rings. The zero-order valence-electron chi connectivity index (χ0n) is 10.1. The standard InChI is InChI=1S/C12H14FNO2S3/c13-10-3-1-2-9(6-10)7-18-12(17)14-11-4-5-19(15,16)8-11/h1-3,6,11H,4-5,7-8H2,(H,14,17). The molecule has 0 bridgehead atoms. The van der Waals surface area contributed by atoms with Crippen molar-refractivity contribution in [1.82, 2.24) is 5.32 Å². The van der Waals surface area contributed by atoms with E-state index in [0.717, 1.165) is 5.56 Å². The van der Waals surface area contributed by atoms with E-state index in [0.29, 0.717) is 16.5 Å². The number of hydrogen-bond acceptors (Lipinski definition) is 4. The Kier molecular flexibility index (Phi) is 4.81. The predicted molar refractivity (Wildman–Crippen MR) is 80.5 cm³/mol. The topological polar surface area (TPSA) is 46.2 Å². The molecule has 0 spiro atoms. The third-order valence-corrected chi connectivity index (χ3v) is 5.91. The minimum atomic E-state index is -2.89. The molecule has 2 rings (SSSR count). The summed E-state index contributed by atoms with van der Waals surface area (Å²) in [5.41, 5.74) is 0.855. The Morgan fingerprint density at radius 3 is 2.95 bits per heavy atom. The molecule has 19 heavy (non-hydrogen) atoms. The van der Waals surface area contributed by atoms with Gasteiger partial charge in [-0.25, -0.2) is 12.8 Å². The molecular formula is C12H14FNO2S3. The average molecular weight is 319 g/mol. The lowest BCUT2D eigenvalue weighted by molar-refractivity contribution is 0.600. The molecule has 1 aromatic carbocycles. The smallest absolute Gasteiger partial charge is 0.152 e. The van der Waals surface area contributed by atoms with Gasteiger partial charge in [0.15, 0.2) is 9.84 Å². The summed E-state index contributed by atoms with van der Waals surface area (Å²) in [4.78, 5) is 0. The molecule has 1 heterocycles. The van der Waals surface area contributed by atoms with E-state index in [-0.39, 0.29) is 23.4 Å². The first-order valence-corrected chi connectivity index (χ1v) is 9.04. The Morgan fingerprint density at radius 1 is 1.53 bits per heavy atom. The summed E-state index contributed by atoms with van der Waals surface area (Å²) in [6, 6.07) is 6.27. The van der Waals surface area contributed by atoms with E-state index in [4.69, 9.17) is 12.2 Å². The quantitative estimate of drug-likeness (QED) is 0.865. The van der Waals surface area contributed by atoms with Crippen LogP contribution < -0.4 is 5.32 Å². The number of thioether (sulfide) groups is 1. The van der Waals surface area contributed by atoms with Crippen LogP contribution in [-0.2, 0) is 15.6 Å². The van der Waals surface area contributed by atoms with Gasteiger partial charge in [0.05, 0.1) is 11.5 Å². The van der Waals surface area contributed by atoms with Crippen molar-refractivity contribution in [3.05, 3.63) is 35.6 Å². The second-order valence-electron chi connectivity index (χ2n) is 4.45. The molecule has 1 unspecified atom stereocenters. The van der Waals surface area contributed by atoms with Gasteiger partial charge in [0, 0.05) is 11.8 Å². The van der Waals surface area contributed by atoms with Crippen LogP contribution >= 0.6 is 24.0 Å². The molecule has 1 atom stereocenters. The second kappa shape index (κ2) is 6.19. The van der Waals surface area contributed by atoms with Crippen LogP contribution in [0.4, 0.5) is 4.39 Å². The zero-order valence-corrected chi connectivity index (χ0v) is 12.6. The van der Waals surface area contributed by atoms with Crippen LogP contribution in [0.1, 0.15) is 12.0 Å². The van der Waals surface area contributed by atoms with Crippen LogP contribution in [0.5, 0.6) is 0 Å². The summed E-state index contributed by atoms with van der Waals surface area (Å²) >= 11 is 6.54. The molecular weight excluding hydrogens is 305 g/mol. The highest BCUT2D eigenvalue weighted by atomic mass is 32.2. The van der Waals surface area contributed by atoms with E-state index in [1.54, 1.807) is 6.07 Å². The largest absolute Gasteiger partial charge is 0.367 e. The summed E-state index contributed by atoms with van der Waals surface area (Å²) in [7, 11) is -2.89.